The van der Waals surface area contributed by atoms with Crippen LogP contribution in [0, 0.1) is 13.8 Å². The van der Waals surface area contributed by atoms with Crippen LogP contribution in [0.4, 0.5) is 0 Å². The molecule has 0 bridgehead atoms. The zero-order chi connectivity index (χ0) is 17.8. The molecule has 3 heterocycles. The third-order valence-electron chi connectivity index (χ3n) is 4.45. The molecule has 0 unspecified atom stereocenters. The van der Waals surface area contributed by atoms with Gasteiger partial charge in [-0.25, -0.2) is 9.67 Å². The second kappa shape index (κ2) is 5.43. The number of aromatic nitrogens is 5. The lowest BCUT2D eigenvalue weighted by Gasteiger charge is -2.22. The first-order chi connectivity index (χ1) is 11.1. The van der Waals surface area contributed by atoms with E-state index in [9.17, 15) is 0 Å². The van der Waals surface area contributed by atoms with Crippen molar-refractivity contribution < 1.29 is 0 Å². The molecule has 0 amide bonds. The average Bonchev–Trinajstić information content (AvgIpc) is 2.94. The number of hydrogen-bond donors (Lipinski definition) is 0. The lowest BCUT2D eigenvalue weighted by atomic mass is 9.90. The maximum atomic E-state index is 4.88. The zero-order valence-corrected chi connectivity index (χ0v) is 16.0. The molecule has 3 aromatic heterocycles. The van der Waals surface area contributed by atoms with Crippen molar-refractivity contribution in [2.24, 2.45) is 7.05 Å². The Bertz CT molecular complexity index is 906. The first kappa shape index (κ1) is 16.7. The summed E-state index contributed by atoms with van der Waals surface area (Å²) in [6, 6.07) is 2.17. The Balaban J connectivity index is 2.34. The van der Waals surface area contributed by atoms with E-state index in [-0.39, 0.29) is 5.41 Å². The number of fused-ring (bicyclic) bond motifs is 1. The smallest absolute Gasteiger partial charge is 0.181 e. The van der Waals surface area contributed by atoms with Crippen molar-refractivity contribution in [1.82, 2.24) is 24.5 Å². The van der Waals surface area contributed by atoms with Crippen LogP contribution in [0.1, 0.15) is 63.2 Å². The van der Waals surface area contributed by atoms with Crippen molar-refractivity contribution in [3.8, 4) is 5.69 Å². The van der Waals surface area contributed by atoms with Gasteiger partial charge in [-0.1, -0.05) is 34.6 Å². The van der Waals surface area contributed by atoms with Crippen molar-refractivity contribution >= 4 is 11.0 Å². The molecule has 0 atom stereocenters. The largest absolute Gasteiger partial charge is 0.273 e. The van der Waals surface area contributed by atoms with Gasteiger partial charge in [0, 0.05) is 29.7 Å². The standard InChI is InChI=1S/C19H27N5/c1-11(2)16-12(3)21-24(13(16)4)15-9-14-10-23(8)22-18(14)20-17(15)19(5,6)7/h9-11H,1-8H3. The van der Waals surface area contributed by atoms with Gasteiger partial charge in [-0.05, 0) is 31.4 Å². The summed E-state index contributed by atoms with van der Waals surface area (Å²) in [6.07, 6.45) is 2.01. The summed E-state index contributed by atoms with van der Waals surface area (Å²) in [5, 5.41) is 10.4. The summed E-state index contributed by atoms with van der Waals surface area (Å²) in [6.45, 7) is 15.2. The number of nitrogens with zero attached hydrogens (tertiary/aromatic N) is 5. The van der Waals surface area contributed by atoms with Crippen LogP contribution in [-0.4, -0.2) is 24.5 Å². The Morgan fingerprint density at radius 3 is 2.29 bits per heavy atom. The highest BCUT2D eigenvalue weighted by Gasteiger charge is 2.25. The molecule has 0 aliphatic carbocycles. The molecule has 0 radical (unpaired) electrons. The molecule has 0 aromatic carbocycles. The molecule has 0 spiro atoms. The van der Waals surface area contributed by atoms with Crippen LogP contribution in [0.5, 0.6) is 0 Å². The van der Waals surface area contributed by atoms with Crippen molar-refractivity contribution in [1.29, 1.82) is 0 Å². The van der Waals surface area contributed by atoms with Gasteiger partial charge < -0.3 is 0 Å². The van der Waals surface area contributed by atoms with Gasteiger partial charge in [0.2, 0.25) is 0 Å². The highest BCUT2D eigenvalue weighted by molar-refractivity contribution is 5.77. The van der Waals surface area contributed by atoms with E-state index in [0.29, 0.717) is 5.92 Å². The molecule has 0 aliphatic rings. The van der Waals surface area contributed by atoms with E-state index in [1.807, 2.05) is 17.9 Å². The van der Waals surface area contributed by atoms with Gasteiger partial charge in [0.05, 0.1) is 17.1 Å². The van der Waals surface area contributed by atoms with Crippen LogP contribution in [0.2, 0.25) is 0 Å². The average molecular weight is 325 g/mol. The van der Waals surface area contributed by atoms with Crippen molar-refractivity contribution in [3.05, 3.63) is 34.9 Å². The van der Waals surface area contributed by atoms with Gasteiger partial charge in [-0.2, -0.15) is 10.2 Å². The van der Waals surface area contributed by atoms with Crippen molar-refractivity contribution in [2.75, 3.05) is 0 Å². The molecule has 24 heavy (non-hydrogen) atoms. The number of rotatable bonds is 2. The van der Waals surface area contributed by atoms with E-state index in [1.165, 1.54) is 11.3 Å². The third kappa shape index (κ3) is 2.62. The fourth-order valence-corrected chi connectivity index (χ4v) is 3.50. The predicted molar refractivity (Wildman–Crippen MR) is 97.9 cm³/mol. The van der Waals surface area contributed by atoms with Gasteiger partial charge in [-0.15, -0.1) is 0 Å². The van der Waals surface area contributed by atoms with Gasteiger partial charge >= 0.3 is 0 Å². The van der Waals surface area contributed by atoms with Crippen molar-refractivity contribution in [2.45, 2.75) is 59.8 Å². The maximum absolute atomic E-state index is 4.88. The van der Waals surface area contributed by atoms with Gasteiger partial charge in [0.25, 0.3) is 0 Å². The second-order valence-electron chi connectivity index (χ2n) is 7.97. The van der Waals surface area contributed by atoms with Crippen molar-refractivity contribution in [3.63, 3.8) is 0 Å². The van der Waals surface area contributed by atoms with E-state index < -0.39 is 0 Å². The van der Waals surface area contributed by atoms with E-state index in [1.54, 1.807) is 0 Å². The van der Waals surface area contributed by atoms with Gasteiger partial charge in [-0.3, -0.25) is 4.68 Å². The second-order valence-corrected chi connectivity index (χ2v) is 7.97. The third-order valence-corrected chi connectivity index (χ3v) is 4.45. The highest BCUT2D eigenvalue weighted by atomic mass is 15.3. The Kier molecular flexibility index (Phi) is 3.78. The van der Waals surface area contributed by atoms with Crippen LogP contribution in [-0.2, 0) is 12.5 Å². The number of pyridine rings is 1. The minimum absolute atomic E-state index is 0.0919. The van der Waals surface area contributed by atoms with Crippen LogP contribution in [0.25, 0.3) is 16.7 Å². The van der Waals surface area contributed by atoms with Crippen LogP contribution >= 0.6 is 0 Å². The fourth-order valence-electron chi connectivity index (χ4n) is 3.50. The quantitative estimate of drug-likeness (QED) is 0.710. The topological polar surface area (TPSA) is 48.5 Å². The Morgan fingerprint density at radius 2 is 1.75 bits per heavy atom. The Hall–Kier alpha value is -2.17. The normalized spacial score (nSPS) is 12.5. The zero-order valence-electron chi connectivity index (χ0n) is 16.0. The summed E-state index contributed by atoms with van der Waals surface area (Å²) in [4.78, 5) is 4.88. The van der Waals surface area contributed by atoms with Crippen LogP contribution in [0.15, 0.2) is 12.3 Å². The van der Waals surface area contributed by atoms with E-state index in [0.717, 1.165) is 28.1 Å². The summed E-state index contributed by atoms with van der Waals surface area (Å²) in [5.74, 6) is 0.451. The predicted octanol–water partition coefficient (Wildman–Crippen LogP) is 4.19. The number of aryl methyl sites for hydroxylation is 2. The lowest BCUT2D eigenvalue weighted by Crippen LogP contribution is -2.18. The Morgan fingerprint density at radius 1 is 1.08 bits per heavy atom. The minimum Gasteiger partial charge on any atom is -0.273 e. The molecule has 0 aliphatic heterocycles. The van der Waals surface area contributed by atoms with E-state index >= 15 is 0 Å². The summed E-state index contributed by atoms with van der Waals surface area (Å²) in [7, 11) is 1.93. The molecular weight excluding hydrogens is 298 g/mol. The van der Waals surface area contributed by atoms with Gasteiger partial charge in [0.15, 0.2) is 5.65 Å². The summed E-state index contributed by atoms with van der Waals surface area (Å²) < 4.78 is 3.87. The first-order valence-electron chi connectivity index (χ1n) is 8.51. The summed E-state index contributed by atoms with van der Waals surface area (Å²) >= 11 is 0. The molecule has 0 saturated carbocycles. The van der Waals surface area contributed by atoms with E-state index in [4.69, 9.17) is 10.1 Å². The molecule has 3 aromatic rings. The van der Waals surface area contributed by atoms with E-state index in [2.05, 4.69) is 64.3 Å². The van der Waals surface area contributed by atoms with Crippen LogP contribution in [0.3, 0.4) is 0 Å². The first-order valence-corrected chi connectivity index (χ1v) is 8.51. The lowest BCUT2D eigenvalue weighted by molar-refractivity contribution is 0.562. The fraction of sp³-hybridized carbons (Fsp3) is 0.526. The molecule has 5 heteroatoms. The Labute approximate surface area is 143 Å². The summed E-state index contributed by atoms with van der Waals surface area (Å²) in [5.41, 5.74) is 6.38. The molecule has 3 rings (SSSR count). The molecule has 0 fully saturated rings. The minimum atomic E-state index is -0.0919. The maximum Gasteiger partial charge on any atom is 0.181 e. The molecule has 5 nitrogen and oxygen atoms in total. The molecule has 0 saturated heterocycles. The highest BCUT2D eigenvalue weighted by Crippen LogP contribution is 2.32. The van der Waals surface area contributed by atoms with Gasteiger partial charge in [0.1, 0.15) is 0 Å². The van der Waals surface area contributed by atoms with Crippen LogP contribution < -0.4 is 0 Å². The molecular formula is C19H27N5. The number of hydrogen-bond acceptors (Lipinski definition) is 3. The SMILES string of the molecule is Cc1nn(-c2cc3cn(C)nc3nc2C(C)(C)C)c(C)c1C(C)C. The molecule has 0 N–H and O–H groups in total. The molecule has 128 valence electrons. The monoisotopic (exact) mass is 325 g/mol.